The summed E-state index contributed by atoms with van der Waals surface area (Å²) in [5.74, 6) is -1.98. The molecule has 0 bridgehead atoms. The molecule has 2 aromatic carbocycles. The van der Waals surface area contributed by atoms with E-state index < -0.39 is 30.7 Å². The van der Waals surface area contributed by atoms with Gasteiger partial charge in [0, 0.05) is 49.4 Å². The van der Waals surface area contributed by atoms with Gasteiger partial charge in [-0.1, -0.05) is 0 Å². The maximum absolute atomic E-state index is 14.4. The summed E-state index contributed by atoms with van der Waals surface area (Å²) in [7, 11) is 0. The van der Waals surface area contributed by atoms with Gasteiger partial charge in [0.05, 0.1) is 5.69 Å². The summed E-state index contributed by atoms with van der Waals surface area (Å²) in [5.41, 5.74) is 0.665. The molecule has 34 heavy (non-hydrogen) atoms. The summed E-state index contributed by atoms with van der Waals surface area (Å²) < 4.78 is 73.0. The summed E-state index contributed by atoms with van der Waals surface area (Å²) in [6, 6.07) is 7.47. The van der Waals surface area contributed by atoms with E-state index in [-0.39, 0.29) is 35.7 Å². The lowest BCUT2D eigenvalue weighted by Gasteiger charge is -2.35. The monoisotopic (exact) mass is 484 g/mol. The normalized spacial score (nSPS) is 14.2. The predicted octanol–water partition coefficient (Wildman–Crippen LogP) is 4.59. The van der Waals surface area contributed by atoms with Gasteiger partial charge in [0.25, 0.3) is 0 Å². The van der Waals surface area contributed by atoms with Crippen LogP contribution in [0, 0.1) is 5.82 Å². The standard InChI is InChI=1S/C23H21F5N2O4/c1-14(31)16-3-6-19(18(24)12-16)29-8-10-30(11-9-29)21(32)7-4-15-2-5-17(33-22(25)26)13-20(15)34-23(27)28/h2-7,12-13,22-23H,8-11H2,1H3/b7-4+. The third-order valence-electron chi connectivity index (χ3n) is 5.12. The minimum atomic E-state index is -3.21. The van der Waals surface area contributed by atoms with Crippen molar-refractivity contribution in [3.05, 3.63) is 59.4 Å². The van der Waals surface area contributed by atoms with Crippen molar-refractivity contribution in [2.45, 2.75) is 20.1 Å². The molecule has 0 aliphatic carbocycles. The van der Waals surface area contributed by atoms with E-state index in [1.54, 1.807) is 4.90 Å². The molecule has 6 nitrogen and oxygen atoms in total. The zero-order valence-electron chi connectivity index (χ0n) is 18.0. The number of alkyl halides is 4. The number of Topliss-reactive ketones (excluding diaryl/α,β-unsaturated/α-hetero) is 1. The molecule has 3 rings (SSSR count). The molecule has 2 aromatic rings. The van der Waals surface area contributed by atoms with Gasteiger partial charge in [-0.15, -0.1) is 0 Å². The summed E-state index contributed by atoms with van der Waals surface area (Å²) in [6.07, 6.45) is 2.39. The Morgan fingerprint density at radius 3 is 2.21 bits per heavy atom. The minimum Gasteiger partial charge on any atom is -0.435 e. The first-order valence-corrected chi connectivity index (χ1v) is 10.2. The number of amides is 1. The highest BCUT2D eigenvalue weighted by molar-refractivity contribution is 5.94. The number of hydrogen-bond acceptors (Lipinski definition) is 5. The Morgan fingerprint density at radius 1 is 0.941 bits per heavy atom. The number of benzene rings is 2. The SMILES string of the molecule is CC(=O)c1ccc(N2CCN(C(=O)/C=C/c3ccc(OC(F)F)cc3OC(F)F)CC2)c(F)c1. The first-order valence-electron chi connectivity index (χ1n) is 10.2. The first kappa shape index (κ1) is 25.0. The minimum absolute atomic E-state index is 0.0709. The Labute approximate surface area is 192 Å². The molecule has 1 amide bonds. The first-order chi connectivity index (χ1) is 16.1. The van der Waals surface area contributed by atoms with Crippen LogP contribution in [0.3, 0.4) is 0 Å². The van der Waals surface area contributed by atoms with Crippen LogP contribution in [0.1, 0.15) is 22.8 Å². The lowest BCUT2D eigenvalue weighted by molar-refractivity contribution is -0.126. The average Bonchev–Trinajstić information content (AvgIpc) is 2.77. The molecule has 1 aliphatic rings. The second-order valence-electron chi connectivity index (χ2n) is 7.32. The number of nitrogens with zero attached hydrogens (tertiary/aromatic N) is 2. The second kappa shape index (κ2) is 11.0. The molecule has 0 N–H and O–H groups in total. The fourth-order valence-electron chi connectivity index (χ4n) is 3.44. The number of carbonyl (C=O) groups excluding carboxylic acids is 2. The van der Waals surface area contributed by atoms with E-state index in [2.05, 4.69) is 9.47 Å². The molecule has 11 heteroatoms. The Kier molecular flexibility index (Phi) is 8.08. The number of carbonyl (C=O) groups is 2. The van der Waals surface area contributed by atoms with Gasteiger partial charge in [-0.05, 0) is 43.3 Å². The van der Waals surface area contributed by atoms with Crippen LogP contribution in [-0.4, -0.2) is 56.0 Å². The highest BCUT2D eigenvalue weighted by atomic mass is 19.3. The highest BCUT2D eigenvalue weighted by Gasteiger charge is 2.22. The molecule has 1 heterocycles. The molecule has 0 aromatic heterocycles. The summed E-state index contributed by atoms with van der Waals surface area (Å²) in [4.78, 5) is 27.2. The molecular formula is C23H21F5N2O4. The lowest BCUT2D eigenvalue weighted by atomic mass is 10.1. The zero-order chi connectivity index (χ0) is 24.8. The molecule has 182 valence electrons. The van der Waals surface area contributed by atoms with E-state index >= 15 is 0 Å². The third-order valence-corrected chi connectivity index (χ3v) is 5.12. The van der Waals surface area contributed by atoms with Gasteiger partial charge in [0.2, 0.25) is 5.91 Å². The van der Waals surface area contributed by atoms with Gasteiger partial charge in [-0.3, -0.25) is 9.59 Å². The van der Waals surface area contributed by atoms with Crippen molar-refractivity contribution in [3.63, 3.8) is 0 Å². The van der Waals surface area contributed by atoms with Crippen LogP contribution in [0.15, 0.2) is 42.5 Å². The van der Waals surface area contributed by atoms with Crippen molar-refractivity contribution in [2.24, 2.45) is 0 Å². The smallest absolute Gasteiger partial charge is 0.387 e. The van der Waals surface area contributed by atoms with E-state index in [4.69, 9.17) is 0 Å². The van der Waals surface area contributed by atoms with E-state index in [9.17, 15) is 31.5 Å². The van der Waals surface area contributed by atoms with Gasteiger partial charge in [0.15, 0.2) is 5.78 Å². The molecule has 1 fully saturated rings. The van der Waals surface area contributed by atoms with Crippen LogP contribution in [0.4, 0.5) is 27.6 Å². The van der Waals surface area contributed by atoms with Crippen molar-refractivity contribution in [3.8, 4) is 11.5 Å². The molecule has 0 radical (unpaired) electrons. The molecular weight excluding hydrogens is 463 g/mol. The quantitative estimate of drug-likeness (QED) is 0.312. The fraction of sp³-hybridized carbons (Fsp3) is 0.304. The number of ether oxygens (including phenoxy) is 2. The average molecular weight is 484 g/mol. The maximum atomic E-state index is 14.4. The highest BCUT2D eigenvalue weighted by Crippen LogP contribution is 2.29. The van der Waals surface area contributed by atoms with Crippen molar-refractivity contribution >= 4 is 23.5 Å². The largest absolute Gasteiger partial charge is 0.435 e. The molecule has 0 atom stereocenters. The number of rotatable bonds is 8. The van der Waals surface area contributed by atoms with Crippen LogP contribution >= 0.6 is 0 Å². The maximum Gasteiger partial charge on any atom is 0.387 e. The van der Waals surface area contributed by atoms with Crippen LogP contribution in [0.2, 0.25) is 0 Å². The van der Waals surface area contributed by atoms with Crippen LogP contribution in [-0.2, 0) is 4.79 Å². The van der Waals surface area contributed by atoms with E-state index in [0.717, 1.165) is 18.2 Å². The molecule has 0 unspecified atom stereocenters. The van der Waals surface area contributed by atoms with Gasteiger partial charge >= 0.3 is 13.2 Å². The van der Waals surface area contributed by atoms with Crippen molar-refractivity contribution in [2.75, 3.05) is 31.1 Å². The molecule has 0 spiro atoms. The number of halogens is 5. The number of ketones is 1. The van der Waals surface area contributed by atoms with Crippen LogP contribution < -0.4 is 14.4 Å². The van der Waals surface area contributed by atoms with Crippen molar-refractivity contribution in [1.82, 2.24) is 4.90 Å². The van der Waals surface area contributed by atoms with E-state index in [0.29, 0.717) is 18.8 Å². The van der Waals surface area contributed by atoms with Crippen molar-refractivity contribution in [1.29, 1.82) is 0 Å². The van der Waals surface area contributed by atoms with Gasteiger partial charge in [-0.25, -0.2) is 4.39 Å². The fourth-order valence-corrected chi connectivity index (χ4v) is 3.44. The van der Waals surface area contributed by atoms with Gasteiger partial charge in [-0.2, -0.15) is 17.6 Å². The second-order valence-corrected chi connectivity index (χ2v) is 7.32. The van der Waals surface area contributed by atoms with Gasteiger partial charge < -0.3 is 19.3 Å². The van der Waals surface area contributed by atoms with Crippen molar-refractivity contribution < 1.29 is 41.0 Å². The number of anilines is 1. The Balaban J connectivity index is 1.64. The zero-order valence-corrected chi connectivity index (χ0v) is 18.0. The molecule has 0 saturated carbocycles. The predicted molar refractivity (Wildman–Crippen MR) is 114 cm³/mol. The summed E-state index contributed by atoms with van der Waals surface area (Å²) in [5, 5.41) is 0. The lowest BCUT2D eigenvalue weighted by Crippen LogP contribution is -2.48. The van der Waals surface area contributed by atoms with Crippen LogP contribution in [0.25, 0.3) is 6.08 Å². The number of hydrogen-bond donors (Lipinski definition) is 0. The molecule has 1 saturated heterocycles. The van der Waals surface area contributed by atoms with Crippen LogP contribution in [0.5, 0.6) is 11.5 Å². The Morgan fingerprint density at radius 2 is 1.62 bits per heavy atom. The Hall–Kier alpha value is -3.63. The summed E-state index contributed by atoms with van der Waals surface area (Å²) >= 11 is 0. The summed E-state index contributed by atoms with van der Waals surface area (Å²) in [6.45, 7) is -3.76. The Bertz CT molecular complexity index is 1070. The van der Waals surface area contributed by atoms with Gasteiger partial charge in [0.1, 0.15) is 17.3 Å². The molecule has 1 aliphatic heterocycles. The third kappa shape index (κ3) is 6.46. The van der Waals surface area contributed by atoms with E-state index in [1.165, 1.54) is 42.2 Å². The number of piperazine rings is 1. The van der Waals surface area contributed by atoms with E-state index in [1.807, 2.05) is 0 Å². The topological polar surface area (TPSA) is 59.1 Å².